The molecule has 0 atom stereocenters. The molecular formula is C11H10FO3W+. The van der Waals surface area contributed by atoms with Crippen molar-refractivity contribution in [2.24, 2.45) is 0 Å². The Balaban J connectivity index is 0.00000225. The van der Waals surface area contributed by atoms with E-state index in [1.165, 1.54) is 12.1 Å². The number of ether oxygens (including phenoxy) is 1. The number of benzene rings is 1. The van der Waals surface area contributed by atoms with Gasteiger partial charge in [0.2, 0.25) is 0 Å². The summed E-state index contributed by atoms with van der Waals surface area (Å²) in [7, 11) is 0. The van der Waals surface area contributed by atoms with Gasteiger partial charge in [-0.25, -0.2) is 4.39 Å². The van der Waals surface area contributed by atoms with E-state index >= 15 is 0 Å². The molecule has 84 valence electrons. The van der Waals surface area contributed by atoms with Crippen LogP contribution in [0.1, 0.15) is 23.7 Å². The number of Topliss-reactive ketones (excluding diaryl/α,β-unsaturated/α-hetero) is 1. The minimum absolute atomic E-state index is 0. The molecule has 0 aliphatic rings. The largest absolute Gasteiger partial charge is 2.00 e. The summed E-state index contributed by atoms with van der Waals surface area (Å²) in [5, 5.41) is 0. The topological polar surface area (TPSA) is 43.4 Å². The van der Waals surface area contributed by atoms with Gasteiger partial charge >= 0.3 is 27.0 Å². The summed E-state index contributed by atoms with van der Waals surface area (Å²) in [5.74, 6) is -1.89. The Bertz CT molecular complexity index is 379. The zero-order chi connectivity index (χ0) is 11.3. The Morgan fingerprint density at radius 3 is 2.75 bits per heavy atom. The maximum Gasteiger partial charge on any atom is 2.00 e. The Hall–Kier alpha value is -1.02. The Morgan fingerprint density at radius 2 is 2.19 bits per heavy atom. The van der Waals surface area contributed by atoms with Crippen LogP contribution in [0.2, 0.25) is 0 Å². The van der Waals surface area contributed by atoms with Crippen molar-refractivity contribution in [2.45, 2.75) is 13.3 Å². The molecule has 0 amide bonds. The Labute approximate surface area is 107 Å². The Kier molecular flexibility index (Phi) is 6.82. The van der Waals surface area contributed by atoms with Crippen LogP contribution in [0, 0.1) is 11.9 Å². The first-order valence-electron chi connectivity index (χ1n) is 4.49. The molecule has 0 fully saturated rings. The molecule has 0 aromatic heterocycles. The average Bonchev–Trinajstić information content (AvgIpc) is 2.18. The predicted octanol–water partition coefficient (Wildman–Crippen LogP) is 1.76. The van der Waals surface area contributed by atoms with Crippen LogP contribution >= 0.6 is 0 Å². The first-order chi connectivity index (χ1) is 7.15. The third-order valence-electron chi connectivity index (χ3n) is 1.72. The first kappa shape index (κ1) is 15.0. The number of ketones is 1. The molecule has 0 N–H and O–H groups in total. The maximum absolute atomic E-state index is 13.1. The molecule has 0 spiro atoms. The predicted molar refractivity (Wildman–Crippen MR) is 50.8 cm³/mol. The van der Waals surface area contributed by atoms with Crippen LogP contribution in [0.15, 0.2) is 18.2 Å². The molecular weight excluding hydrogens is 383 g/mol. The molecule has 0 saturated carbocycles. The van der Waals surface area contributed by atoms with E-state index in [4.69, 9.17) is 0 Å². The molecule has 16 heavy (non-hydrogen) atoms. The quantitative estimate of drug-likeness (QED) is 0.339. The molecule has 0 aliphatic carbocycles. The summed E-state index contributed by atoms with van der Waals surface area (Å²) in [4.78, 5) is 22.4. The van der Waals surface area contributed by atoms with Crippen molar-refractivity contribution in [3.05, 3.63) is 35.6 Å². The van der Waals surface area contributed by atoms with Gasteiger partial charge < -0.3 is 9.53 Å². The van der Waals surface area contributed by atoms with E-state index in [-0.39, 0.29) is 33.2 Å². The SMILES string of the molecule is CCOC(=O)CC(=O)c1c[c-]ccc1F.[W+2]. The van der Waals surface area contributed by atoms with Crippen molar-refractivity contribution in [1.82, 2.24) is 0 Å². The van der Waals surface area contributed by atoms with Crippen LogP contribution in [0.25, 0.3) is 0 Å². The second kappa shape index (κ2) is 7.28. The maximum atomic E-state index is 13.1. The van der Waals surface area contributed by atoms with E-state index in [1.54, 1.807) is 6.92 Å². The number of esters is 1. The van der Waals surface area contributed by atoms with E-state index in [0.29, 0.717) is 0 Å². The van der Waals surface area contributed by atoms with Crippen molar-refractivity contribution in [2.75, 3.05) is 6.61 Å². The summed E-state index contributed by atoms with van der Waals surface area (Å²) >= 11 is 0. The summed E-state index contributed by atoms with van der Waals surface area (Å²) in [5.41, 5.74) is -0.134. The Morgan fingerprint density at radius 1 is 1.50 bits per heavy atom. The molecule has 1 aromatic carbocycles. The van der Waals surface area contributed by atoms with Crippen LogP contribution in [-0.2, 0) is 30.6 Å². The van der Waals surface area contributed by atoms with Crippen molar-refractivity contribution in [1.29, 1.82) is 0 Å². The normalized spacial score (nSPS) is 9.12. The zero-order valence-electron chi connectivity index (χ0n) is 8.66. The third-order valence-corrected chi connectivity index (χ3v) is 1.72. The van der Waals surface area contributed by atoms with Crippen LogP contribution in [0.4, 0.5) is 4.39 Å². The number of carbonyl (C=O) groups excluding carboxylic acids is 2. The average molecular weight is 393 g/mol. The molecule has 0 aliphatic heterocycles. The van der Waals surface area contributed by atoms with Crippen LogP contribution in [0.3, 0.4) is 0 Å². The van der Waals surface area contributed by atoms with Crippen molar-refractivity contribution in [3.8, 4) is 0 Å². The molecule has 1 rings (SSSR count). The van der Waals surface area contributed by atoms with Crippen molar-refractivity contribution < 1.29 is 39.8 Å². The van der Waals surface area contributed by atoms with Gasteiger partial charge in [0.1, 0.15) is 5.78 Å². The minimum Gasteiger partial charge on any atom is -0.466 e. The number of carbonyl (C=O) groups is 2. The van der Waals surface area contributed by atoms with Gasteiger partial charge in [-0.1, -0.05) is 5.56 Å². The fraction of sp³-hybridized carbons (Fsp3) is 0.273. The summed E-state index contributed by atoms with van der Waals surface area (Å²) in [6, 6.07) is 6.28. The van der Waals surface area contributed by atoms with Crippen LogP contribution in [-0.4, -0.2) is 18.4 Å². The van der Waals surface area contributed by atoms with Gasteiger partial charge in [0.25, 0.3) is 0 Å². The number of hydrogen-bond donors (Lipinski definition) is 0. The van der Waals surface area contributed by atoms with E-state index in [1.807, 2.05) is 0 Å². The van der Waals surface area contributed by atoms with E-state index in [0.717, 1.165) is 6.07 Å². The second-order valence-electron chi connectivity index (χ2n) is 2.81. The van der Waals surface area contributed by atoms with Gasteiger partial charge in [-0.15, -0.1) is 6.07 Å². The monoisotopic (exact) mass is 393 g/mol. The van der Waals surface area contributed by atoms with E-state index in [9.17, 15) is 14.0 Å². The van der Waals surface area contributed by atoms with Gasteiger partial charge in [-0.05, 0) is 6.92 Å². The number of hydrogen-bond acceptors (Lipinski definition) is 3. The molecule has 1 aromatic rings. The summed E-state index contributed by atoms with van der Waals surface area (Å²) in [6.07, 6.45) is -0.442. The van der Waals surface area contributed by atoms with E-state index < -0.39 is 24.0 Å². The van der Waals surface area contributed by atoms with Gasteiger partial charge in [0.05, 0.1) is 13.0 Å². The van der Waals surface area contributed by atoms with Crippen LogP contribution < -0.4 is 0 Å². The first-order valence-corrected chi connectivity index (χ1v) is 4.49. The van der Waals surface area contributed by atoms with Gasteiger partial charge in [-0.3, -0.25) is 4.79 Å². The molecule has 0 heterocycles. The smallest absolute Gasteiger partial charge is 0.466 e. The summed E-state index contributed by atoms with van der Waals surface area (Å²) in [6.45, 7) is 1.84. The van der Waals surface area contributed by atoms with Gasteiger partial charge in [-0.2, -0.15) is 18.2 Å². The van der Waals surface area contributed by atoms with Gasteiger partial charge in [0.15, 0.2) is 0 Å². The second-order valence-corrected chi connectivity index (χ2v) is 2.81. The van der Waals surface area contributed by atoms with E-state index in [2.05, 4.69) is 10.8 Å². The molecule has 0 unspecified atom stereocenters. The fourth-order valence-electron chi connectivity index (χ4n) is 1.06. The standard InChI is InChI=1S/C11H10FO3.W/c1-2-15-11(14)7-10(13)8-5-3-4-6-9(8)12;/h4-6H,2,7H2,1H3;/q-1;+2. The zero-order valence-corrected chi connectivity index (χ0v) is 11.6. The molecule has 0 bridgehead atoms. The fourth-order valence-corrected chi connectivity index (χ4v) is 1.06. The number of rotatable bonds is 4. The van der Waals surface area contributed by atoms with Crippen LogP contribution in [0.5, 0.6) is 0 Å². The minimum atomic E-state index is -0.650. The molecule has 5 heteroatoms. The molecule has 3 nitrogen and oxygen atoms in total. The molecule has 0 saturated heterocycles. The third kappa shape index (κ3) is 4.23. The van der Waals surface area contributed by atoms with Crippen molar-refractivity contribution >= 4 is 11.8 Å². The molecule has 0 radical (unpaired) electrons. The van der Waals surface area contributed by atoms with Crippen molar-refractivity contribution in [3.63, 3.8) is 0 Å². The van der Waals surface area contributed by atoms with Gasteiger partial charge in [0, 0.05) is 5.82 Å². The number of halogens is 1. The summed E-state index contributed by atoms with van der Waals surface area (Å²) < 4.78 is 17.7.